The molecular weight excluding hydrogens is 240 g/mol. The predicted molar refractivity (Wildman–Crippen MR) is 76.6 cm³/mol. The summed E-state index contributed by atoms with van der Waals surface area (Å²) in [4.78, 5) is 26.8. The van der Waals surface area contributed by atoms with Crippen LogP contribution in [0.2, 0.25) is 0 Å². The van der Waals surface area contributed by atoms with E-state index in [-0.39, 0.29) is 29.8 Å². The molecule has 0 saturated carbocycles. The van der Waals surface area contributed by atoms with Crippen molar-refractivity contribution in [1.29, 1.82) is 0 Å². The van der Waals surface area contributed by atoms with Gasteiger partial charge in [-0.25, -0.2) is 0 Å². The fourth-order valence-corrected chi connectivity index (χ4v) is 2.63. The number of nitrogens with zero attached hydrogens (tertiary/aromatic N) is 1. The third kappa shape index (κ3) is 2.82. The fraction of sp³-hybridized carbons (Fsp3) is 0.733. The minimum atomic E-state index is -0.780. The molecule has 1 aliphatic rings. The number of carbonyl (C=O) groups is 2. The van der Waals surface area contributed by atoms with Crippen molar-refractivity contribution in [3.63, 3.8) is 0 Å². The summed E-state index contributed by atoms with van der Waals surface area (Å²) in [6.07, 6.45) is 3.09. The molecule has 108 valence electrons. The first-order chi connectivity index (χ1) is 8.78. The molecule has 0 bridgehead atoms. The molecule has 2 amide bonds. The Morgan fingerprint density at radius 3 is 2.42 bits per heavy atom. The standard InChI is InChI=1S/C15H26N2O2/c1-7-9-11(5)17-12(10(3)4)13(18)16-15(6,8-2)14(17)19/h7,10-12H,1,8-9H2,2-6H3,(H,16,18). The van der Waals surface area contributed by atoms with Crippen LogP contribution >= 0.6 is 0 Å². The van der Waals surface area contributed by atoms with Crippen LogP contribution in [0.15, 0.2) is 12.7 Å². The molecule has 0 radical (unpaired) electrons. The van der Waals surface area contributed by atoms with Gasteiger partial charge >= 0.3 is 0 Å². The zero-order valence-electron chi connectivity index (χ0n) is 12.7. The van der Waals surface area contributed by atoms with E-state index in [1.165, 1.54) is 0 Å². The molecule has 19 heavy (non-hydrogen) atoms. The SMILES string of the molecule is C=CCC(C)N1C(=O)C(C)(CC)NC(=O)C1C(C)C. The third-order valence-electron chi connectivity index (χ3n) is 4.00. The van der Waals surface area contributed by atoms with E-state index in [2.05, 4.69) is 11.9 Å². The van der Waals surface area contributed by atoms with Gasteiger partial charge in [-0.3, -0.25) is 9.59 Å². The number of nitrogens with one attached hydrogen (secondary N) is 1. The molecule has 1 aliphatic heterocycles. The normalized spacial score (nSPS) is 29.4. The first-order valence-electron chi connectivity index (χ1n) is 7.04. The van der Waals surface area contributed by atoms with Gasteiger partial charge in [0.05, 0.1) is 0 Å². The van der Waals surface area contributed by atoms with Crippen molar-refractivity contribution in [3.05, 3.63) is 12.7 Å². The van der Waals surface area contributed by atoms with Gasteiger partial charge in [-0.05, 0) is 32.6 Å². The first-order valence-corrected chi connectivity index (χ1v) is 7.04. The van der Waals surface area contributed by atoms with Crippen molar-refractivity contribution in [2.75, 3.05) is 0 Å². The molecule has 3 atom stereocenters. The third-order valence-corrected chi connectivity index (χ3v) is 4.00. The average Bonchev–Trinajstić information content (AvgIpc) is 2.33. The van der Waals surface area contributed by atoms with Crippen molar-refractivity contribution < 1.29 is 9.59 Å². The molecule has 0 aliphatic carbocycles. The van der Waals surface area contributed by atoms with E-state index in [0.29, 0.717) is 12.8 Å². The van der Waals surface area contributed by atoms with Crippen LogP contribution in [0.25, 0.3) is 0 Å². The number of hydrogen-bond donors (Lipinski definition) is 1. The predicted octanol–water partition coefficient (Wildman–Crippen LogP) is 2.10. The Labute approximate surface area is 116 Å². The highest BCUT2D eigenvalue weighted by Crippen LogP contribution is 2.27. The summed E-state index contributed by atoms with van der Waals surface area (Å²) >= 11 is 0. The molecule has 1 heterocycles. The Hall–Kier alpha value is -1.32. The summed E-state index contributed by atoms with van der Waals surface area (Å²) in [5, 5.41) is 2.89. The van der Waals surface area contributed by atoms with E-state index in [1.807, 2.05) is 27.7 Å². The molecular formula is C15H26N2O2. The second-order valence-corrected chi connectivity index (χ2v) is 5.95. The summed E-state index contributed by atoms with van der Waals surface area (Å²) < 4.78 is 0. The second-order valence-electron chi connectivity index (χ2n) is 5.95. The highest BCUT2D eigenvalue weighted by molar-refractivity contribution is 5.99. The van der Waals surface area contributed by atoms with Gasteiger partial charge in [-0.15, -0.1) is 6.58 Å². The van der Waals surface area contributed by atoms with Gasteiger partial charge in [0.25, 0.3) is 0 Å². The number of carbonyl (C=O) groups excluding carboxylic acids is 2. The quantitative estimate of drug-likeness (QED) is 0.775. The summed E-state index contributed by atoms with van der Waals surface area (Å²) in [6.45, 7) is 13.4. The molecule has 0 spiro atoms. The Bertz CT molecular complexity index is 378. The van der Waals surface area contributed by atoms with Crippen LogP contribution < -0.4 is 5.32 Å². The van der Waals surface area contributed by atoms with Crippen LogP contribution in [0, 0.1) is 5.92 Å². The lowest BCUT2D eigenvalue weighted by molar-refractivity contribution is -0.159. The van der Waals surface area contributed by atoms with Crippen molar-refractivity contribution in [2.45, 2.75) is 65.1 Å². The minimum Gasteiger partial charge on any atom is -0.340 e. The number of amides is 2. The molecule has 4 heteroatoms. The molecule has 1 N–H and O–H groups in total. The lowest BCUT2D eigenvalue weighted by Crippen LogP contribution is -2.71. The van der Waals surface area contributed by atoms with E-state index in [1.54, 1.807) is 17.9 Å². The topological polar surface area (TPSA) is 49.4 Å². The zero-order valence-corrected chi connectivity index (χ0v) is 12.7. The molecule has 0 aromatic carbocycles. The van der Waals surface area contributed by atoms with Crippen LogP contribution in [-0.2, 0) is 9.59 Å². The van der Waals surface area contributed by atoms with Crippen molar-refractivity contribution in [1.82, 2.24) is 10.2 Å². The van der Waals surface area contributed by atoms with E-state index >= 15 is 0 Å². The minimum absolute atomic E-state index is 0.00525. The first kappa shape index (κ1) is 15.7. The molecule has 0 aromatic rings. The van der Waals surface area contributed by atoms with Gasteiger partial charge < -0.3 is 10.2 Å². The molecule has 1 fully saturated rings. The fourth-order valence-electron chi connectivity index (χ4n) is 2.63. The van der Waals surface area contributed by atoms with Gasteiger partial charge in [0, 0.05) is 6.04 Å². The van der Waals surface area contributed by atoms with Crippen molar-refractivity contribution >= 4 is 11.8 Å². The molecule has 0 aromatic heterocycles. The summed E-state index contributed by atoms with van der Waals surface area (Å²) in [5.74, 6) is 0.0649. The molecule has 3 unspecified atom stereocenters. The summed E-state index contributed by atoms with van der Waals surface area (Å²) in [7, 11) is 0. The highest BCUT2D eigenvalue weighted by atomic mass is 16.2. The van der Waals surface area contributed by atoms with Gasteiger partial charge in [0.15, 0.2) is 0 Å². The van der Waals surface area contributed by atoms with E-state index < -0.39 is 5.54 Å². The lowest BCUT2D eigenvalue weighted by atomic mass is 9.87. The van der Waals surface area contributed by atoms with E-state index in [9.17, 15) is 9.59 Å². The molecule has 1 rings (SSSR count). The largest absolute Gasteiger partial charge is 0.340 e. The average molecular weight is 266 g/mol. The summed E-state index contributed by atoms with van der Waals surface area (Å²) in [5.41, 5.74) is -0.780. The van der Waals surface area contributed by atoms with Gasteiger partial charge in [0.2, 0.25) is 11.8 Å². The maximum atomic E-state index is 12.7. The second kappa shape index (κ2) is 5.76. The Morgan fingerprint density at radius 2 is 2.00 bits per heavy atom. The lowest BCUT2D eigenvalue weighted by Gasteiger charge is -2.48. The smallest absolute Gasteiger partial charge is 0.248 e. The van der Waals surface area contributed by atoms with E-state index in [0.717, 1.165) is 0 Å². The van der Waals surface area contributed by atoms with Crippen LogP contribution in [0.4, 0.5) is 0 Å². The highest BCUT2D eigenvalue weighted by Gasteiger charge is 2.49. The Kier molecular flexibility index (Phi) is 4.77. The number of rotatable bonds is 5. The van der Waals surface area contributed by atoms with Crippen LogP contribution in [-0.4, -0.2) is 34.3 Å². The number of hydrogen-bond acceptors (Lipinski definition) is 2. The Morgan fingerprint density at radius 1 is 1.42 bits per heavy atom. The zero-order chi connectivity index (χ0) is 14.8. The van der Waals surface area contributed by atoms with Crippen LogP contribution in [0.1, 0.15) is 47.5 Å². The molecule has 1 saturated heterocycles. The van der Waals surface area contributed by atoms with Crippen LogP contribution in [0.3, 0.4) is 0 Å². The van der Waals surface area contributed by atoms with E-state index in [4.69, 9.17) is 0 Å². The maximum Gasteiger partial charge on any atom is 0.248 e. The van der Waals surface area contributed by atoms with Gasteiger partial charge in [0.1, 0.15) is 11.6 Å². The number of piperazine rings is 1. The van der Waals surface area contributed by atoms with Crippen LogP contribution in [0.5, 0.6) is 0 Å². The van der Waals surface area contributed by atoms with Crippen molar-refractivity contribution in [2.24, 2.45) is 5.92 Å². The molecule has 4 nitrogen and oxygen atoms in total. The summed E-state index contributed by atoms with van der Waals surface area (Å²) in [6, 6.07) is -0.392. The maximum absolute atomic E-state index is 12.7. The van der Waals surface area contributed by atoms with Crippen molar-refractivity contribution in [3.8, 4) is 0 Å². The van der Waals surface area contributed by atoms with Gasteiger partial charge in [-0.2, -0.15) is 0 Å². The Balaban J connectivity index is 3.17. The monoisotopic (exact) mass is 266 g/mol. The van der Waals surface area contributed by atoms with Gasteiger partial charge in [-0.1, -0.05) is 26.8 Å².